The van der Waals surface area contributed by atoms with Crippen LogP contribution in [0.3, 0.4) is 0 Å². The fourth-order valence-corrected chi connectivity index (χ4v) is 3.31. The van der Waals surface area contributed by atoms with Gasteiger partial charge in [-0.3, -0.25) is 0 Å². The van der Waals surface area contributed by atoms with E-state index in [0.717, 1.165) is 29.6 Å². The van der Waals surface area contributed by atoms with Crippen LogP contribution in [0.5, 0.6) is 0 Å². The number of hydrogen-bond donors (Lipinski definition) is 0. The van der Waals surface area contributed by atoms with Gasteiger partial charge < -0.3 is 0 Å². The fraction of sp³-hybridized carbons (Fsp3) is 1.00. The molecule has 16 heavy (non-hydrogen) atoms. The molecule has 0 spiro atoms. The first-order valence-electron chi connectivity index (χ1n) is 7.40. The van der Waals surface area contributed by atoms with E-state index in [1.807, 2.05) is 0 Å². The van der Waals surface area contributed by atoms with Gasteiger partial charge in [-0.25, -0.2) is 0 Å². The second-order valence-electron chi connectivity index (χ2n) is 6.54. The molecular formula is C16H34. The molecule has 0 N–H and O–H groups in total. The summed E-state index contributed by atoms with van der Waals surface area (Å²) in [4.78, 5) is 0. The van der Waals surface area contributed by atoms with Gasteiger partial charge in [0.05, 0.1) is 0 Å². The number of rotatable bonds is 8. The largest absolute Gasteiger partial charge is 0.0654 e. The summed E-state index contributed by atoms with van der Waals surface area (Å²) in [6.45, 7) is 16.7. The van der Waals surface area contributed by atoms with Crippen molar-refractivity contribution in [2.24, 2.45) is 29.6 Å². The molecule has 0 radical (unpaired) electrons. The first-order valence-corrected chi connectivity index (χ1v) is 7.40. The van der Waals surface area contributed by atoms with Crippen molar-refractivity contribution in [1.82, 2.24) is 0 Å². The van der Waals surface area contributed by atoms with Crippen LogP contribution in [0.4, 0.5) is 0 Å². The van der Waals surface area contributed by atoms with E-state index in [0.29, 0.717) is 0 Å². The third-order valence-corrected chi connectivity index (χ3v) is 4.03. The molecule has 0 aliphatic rings. The monoisotopic (exact) mass is 226 g/mol. The predicted molar refractivity (Wildman–Crippen MR) is 75.6 cm³/mol. The Morgan fingerprint density at radius 3 is 1.56 bits per heavy atom. The Hall–Kier alpha value is 0. The molecule has 98 valence electrons. The summed E-state index contributed by atoms with van der Waals surface area (Å²) in [7, 11) is 0. The molecule has 0 aliphatic carbocycles. The minimum absolute atomic E-state index is 0.837. The van der Waals surface area contributed by atoms with Crippen molar-refractivity contribution in [1.29, 1.82) is 0 Å². The first-order chi connectivity index (χ1) is 7.40. The van der Waals surface area contributed by atoms with E-state index in [-0.39, 0.29) is 0 Å². The molecule has 0 aromatic heterocycles. The highest BCUT2D eigenvalue weighted by atomic mass is 14.3. The van der Waals surface area contributed by atoms with Gasteiger partial charge >= 0.3 is 0 Å². The summed E-state index contributed by atoms with van der Waals surface area (Å²) >= 11 is 0. The van der Waals surface area contributed by atoms with Gasteiger partial charge in [0.25, 0.3) is 0 Å². The topological polar surface area (TPSA) is 0 Å². The molecule has 0 aromatic carbocycles. The van der Waals surface area contributed by atoms with Crippen molar-refractivity contribution in [2.45, 2.75) is 74.1 Å². The molecule has 3 unspecified atom stereocenters. The number of hydrogen-bond acceptors (Lipinski definition) is 0. The zero-order valence-corrected chi connectivity index (χ0v) is 12.7. The summed E-state index contributed by atoms with van der Waals surface area (Å²) in [6, 6.07) is 0. The molecule has 0 rings (SSSR count). The lowest BCUT2D eigenvalue weighted by molar-refractivity contribution is 0.164. The van der Waals surface area contributed by atoms with Crippen LogP contribution in [0.1, 0.15) is 74.1 Å². The predicted octanol–water partition coefficient (Wildman–Crippen LogP) is 5.77. The standard InChI is InChI=1S/C16H34/c1-8-9-14(6)16(13(4)5)15(7)11-10-12(2)3/h12-16H,8-11H2,1-7H3. The minimum atomic E-state index is 0.837. The average Bonchev–Trinajstić information content (AvgIpc) is 2.14. The Morgan fingerprint density at radius 1 is 0.688 bits per heavy atom. The highest BCUT2D eigenvalue weighted by Gasteiger charge is 2.25. The van der Waals surface area contributed by atoms with Crippen molar-refractivity contribution in [3.05, 3.63) is 0 Å². The van der Waals surface area contributed by atoms with Crippen molar-refractivity contribution < 1.29 is 0 Å². The molecule has 0 amide bonds. The van der Waals surface area contributed by atoms with Crippen LogP contribution in [-0.2, 0) is 0 Å². The molecule has 0 heterocycles. The zero-order chi connectivity index (χ0) is 12.7. The van der Waals surface area contributed by atoms with Gasteiger partial charge in [0, 0.05) is 0 Å². The van der Waals surface area contributed by atoms with Crippen LogP contribution in [0.2, 0.25) is 0 Å². The Morgan fingerprint density at radius 2 is 1.19 bits per heavy atom. The van der Waals surface area contributed by atoms with Crippen molar-refractivity contribution >= 4 is 0 Å². The zero-order valence-electron chi connectivity index (χ0n) is 12.7. The molecule has 0 aliphatic heterocycles. The summed E-state index contributed by atoms with van der Waals surface area (Å²) in [5.41, 5.74) is 0. The normalized spacial score (nSPS) is 17.8. The molecule has 0 aromatic rings. The molecule has 0 saturated heterocycles. The molecule has 0 saturated carbocycles. The van der Waals surface area contributed by atoms with Crippen LogP contribution in [0.15, 0.2) is 0 Å². The van der Waals surface area contributed by atoms with Gasteiger partial charge in [0.15, 0.2) is 0 Å². The molecule has 3 atom stereocenters. The van der Waals surface area contributed by atoms with Gasteiger partial charge in [-0.2, -0.15) is 0 Å². The van der Waals surface area contributed by atoms with Gasteiger partial charge in [-0.05, 0) is 29.6 Å². The van der Waals surface area contributed by atoms with Crippen LogP contribution in [0, 0.1) is 29.6 Å². The SMILES string of the molecule is CCCC(C)C(C(C)C)C(C)CCC(C)C. The lowest BCUT2D eigenvalue weighted by Gasteiger charge is -2.33. The van der Waals surface area contributed by atoms with E-state index in [1.165, 1.54) is 25.7 Å². The van der Waals surface area contributed by atoms with Crippen LogP contribution in [-0.4, -0.2) is 0 Å². The highest BCUT2D eigenvalue weighted by molar-refractivity contribution is 4.75. The summed E-state index contributed by atoms with van der Waals surface area (Å²) in [5, 5.41) is 0. The van der Waals surface area contributed by atoms with E-state index in [2.05, 4.69) is 48.5 Å². The van der Waals surface area contributed by atoms with Crippen molar-refractivity contribution in [3.8, 4) is 0 Å². The van der Waals surface area contributed by atoms with E-state index in [1.54, 1.807) is 0 Å². The average molecular weight is 226 g/mol. The first kappa shape index (κ1) is 16.0. The third-order valence-electron chi connectivity index (χ3n) is 4.03. The molecule has 0 nitrogen and oxygen atoms in total. The lowest BCUT2D eigenvalue weighted by atomic mass is 9.72. The molecule has 0 fully saturated rings. The maximum atomic E-state index is 2.47. The van der Waals surface area contributed by atoms with E-state index in [4.69, 9.17) is 0 Å². The Labute approximate surface area is 104 Å². The van der Waals surface area contributed by atoms with E-state index >= 15 is 0 Å². The Kier molecular flexibility index (Phi) is 8.14. The second kappa shape index (κ2) is 8.14. The van der Waals surface area contributed by atoms with Gasteiger partial charge in [-0.1, -0.05) is 74.1 Å². The smallest absolute Gasteiger partial charge is 0.0340 e. The Bertz CT molecular complexity index is 157. The lowest BCUT2D eigenvalue weighted by Crippen LogP contribution is -2.25. The summed E-state index contributed by atoms with van der Waals surface area (Å²) in [6.07, 6.45) is 5.54. The van der Waals surface area contributed by atoms with Crippen molar-refractivity contribution in [2.75, 3.05) is 0 Å². The van der Waals surface area contributed by atoms with Crippen molar-refractivity contribution in [3.63, 3.8) is 0 Å². The van der Waals surface area contributed by atoms with Gasteiger partial charge in [0.1, 0.15) is 0 Å². The fourth-order valence-electron chi connectivity index (χ4n) is 3.31. The summed E-state index contributed by atoms with van der Waals surface area (Å²) < 4.78 is 0. The maximum absolute atomic E-state index is 2.47. The van der Waals surface area contributed by atoms with Gasteiger partial charge in [0.2, 0.25) is 0 Å². The minimum Gasteiger partial charge on any atom is -0.0654 e. The molecular weight excluding hydrogens is 192 g/mol. The van der Waals surface area contributed by atoms with Gasteiger partial charge in [-0.15, -0.1) is 0 Å². The van der Waals surface area contributed by atoms with E-state index < -0.39 is 0 Å². The Balaban J connectivity index is 4.28. The van der Waals surface area contributed by atoms with Crippen LogP contribution >= 0.6 is 0 Å². The maximum Gasteiger partial charge on any atom is -0.0340 e. The quantitative estimate of drug-likeness (QED) is 0.493. The second-order valence-corrected chi connectivity index (χ2v) is 6.54. The summed E-state index contributed by atoms with van der Waals surface area (Å²) in [5.74, 6) is 4.40. The van der Waals surface area contributed by atoms with E-state index in [9.17, 15) is 0 Å². The van der Waals surface area contributed by atoms with Crippen LogP contribution < -0.4 is 0 Å². The highest BCUT2D eigenvalue weighted by Crippen LogP contribution is 2.34. The molecule has 0 bridgehead atoms. The molecule has 0 heteroatoms. The third kappa shape index (κ3) is 5.92. The van der Waals surface area contributed by atoms with Crippen LogP contribution in [0.25, 0.3) is 0 Å².